The van der Waals surface area contributed by atoms with Crippen molar-refractivity contribution in [2.24, 2.45) is 0 Å². The number of benzene rings is 1. The van der Waals surface area contributed by atoms with Gasteiger partial charge in [0.1, 0.15) is 13.4 Å². The van der Waals surface area contributed by atoms with Gasteiger partial charge in [-0.05, 0) is 33.3 Å². The Morgan fingerprint density at radius 3 is 2.29 bits per heavy atom. The smallest absolute Gasteiger partial charge is 0.408 e. The van der Waals surface area contributed by atoms with Gasteiger partial charge >= 0.3 is 6.09 Å². The SMILES string of the molecule is [B]c1ccc([C@@H](C)NC(=O)OC(C)(C)C)cc1. The number of ether oxygens (including phenoxy) is 1. The lowest BCUT2D eigenvalue weighted by Gasteiger charge is -2.22. The van der Waals surface area contributed by atoms with Gasteiger partial charge in [-0.15, -0.1) is 0 Å². The first-order valence-electron chi connectivity index (χ1n) is 5.63. The molecule has 0 fully saturated rings. The van der Waals surface area contributed by atoms with Gasteiger partial charge in [-0.3, -0.25) is 0 Å². The fraction of sp³-hybridized carbons (Fsp3) is 0.462. The van der Waals surface area contributed by atoms with E-state index in [0.717, 1.165) is 5.56 Å². The summed E-state index contributed by atoms with van der Waals surface area (Å²) in [5.41, 5.74) is 1.22. The minimum absolute atomic E-state index is 0.106. The fourth-order valence-corrected chi connectivity index (χ4v) is 1.35. The molecule has 1 amide bonds. The van der Waals surface area contributed by atoms with E-state index in [2.05, 4.69) is 5.32 Å². The summed E-state index contributed by atoms with van der Waals surface area (Å²) in [4.78, 5) is 11.6. The number of carbonyl (C=O) groups is 1. The van der Waals surface area contributed by atoms with E-state index in [4.69, 9.17) is 12.6 Å². The van der Waals surface area contributed by atoms with Crippen LogP contribution in [-0.2, 0) is 4.74 Å². The topological polar surface area (TPSA) is 38.3 Å². The summed E-state index contributed by atoms with van der Waals surface area (Å²) >= 11 is 0. The third-order valence-corrected chi connectivity index (χ3v) is 2.17. The number of nitrogens with one attached hydrogen (secondary N) is 1. The molecule has 0 heterocycles. The van der Waals surface area contributed by atoms with Gasteiger partial charge in [0.25, 0.3) is 0 Å². The summed E-state index contributed by atoms with van der Waals surface area (Å²) in [7, 11) is 5.60. The Hall–Kier alpha value is -1.45. The summed E-state index contributed by atoms with van der Waals surface area (Å²) < 4.78 is 5.18. The van der Waals surface area contributed by atoms with Crippen LogP contribution in [0.4, 0.5) is 4.79 Å². The molecule has 0 unspecified atom stereocenters. The Balaban J connectivity index is 2.57. The molecule has 0 aliphatic carbocycles. The highest BCUT2D eigenvalue weighted by molar-refractivity contribution is 6.32. The van der Waals surface area contributed by atoms with E-state index in [-0.39, 0.29) is 6.04 Å². The monoisotopic (exact) mass is 231 g/mol. The number of alkyl carbamates (subject to hydrolysis) is 1. The molecule has 4 heteroatoms. The molecule has 1 rings (SSSR count). The summed E-state index contributed by atoms with van der Waals surface area (Å²) in [6, 6.07) is 7.28. The Kier molecular flexibility index (Phi) is 4.21. The molecule has 90 valence electrons. The zero-order valence-electron chi connectivity index (χ0n) is 10.8. The van der Waals surface area contributed by atoms with Crippen LogP contribution in [0.1, 0.15) is 39.3 Å². The quantitative estimate of drug-likeness (QED) is 0.791. The summed E-state index contributed by atoms with van der Waals surface area (Å²) in [5.74, 6) is 0. The largest absolute Gasteiger partial charge is 0.444 e. The molecule has 0 saturated carbocycles. The van der Waals surface area contributed by atoms with E-state index >= 15 is 0 Å². The Morgan fingerprint density at radius 2 is 1.82 bits per heavy atom. The summed E-state index contributed by atoms with van der Waals surface area (Å²) in [6.07, 6.45) is -0.415. The van der Waals surface area contributed by atoms with Crippen molar-refractivity contribution in [3.8, 4) is 0 Å². The van der Waals surface area contributed by atoms with E-state index in [1.807, 2.05) is 52.0 Å². The van der Waals surface area contributed by atoms with Crippen LogP contribution in [0.5, 0.6) is 0 Å². The molecule has 2 radical (unpaired) electrons. The van der Waals surface area contributed by atoms with Crippen molar-refractivity contribution in [1.82, 2.24) is 5.32 Å². The molecular weight excluding hydrogens is 213 g/mol. The minimum Gasteiger partial charge on any atom is -0.444 e. The number of amides is 1. The highest BCUT2D eigenvalue weighted by Crippen LogP contribution is 2.12. The third kappa shape index (κ3) is 4.94. The first-order chi connectivity index (χ1) is 7.78. The van der Waals surface area contributed by atoms with Crippen molar-refractivity contribution in [3.05, 3.63) is 29.8 Å². The van der Waals surface area contributed by atoms with Gasteiger partial charge < -0.3 is 10.1 Å². The molecule has 1 aromatic carbocycles. The second-order valence-electron chi connectivity index (χ2n) is 5.03. The molecule has 3 nitrogen and oxygen atoms in total. The average Bonchev–Trinajstić information content (AvgIpc) is 2.15. The maximum absolute atomic E-state index is 11.6. The van der Waals surface area contributed by atoms with Crippen LogP contribution in [0.3, 0.4) is 0 Å². The lowest BCUT2D eigenvalue weighted by atomic mass is 9.94. The molecule has 17 heavy (non-hydrogen) atoms. The number of hydrogen-bond donors (Lipinski definition) is 1. The molecule has 1 aromatic rings. The average molecular weight is 231 g/mol. The van der Waals surface area contributed by atoms with Crippen LogP contribution < -0.4 is 10.8 Å². The molecule has 0 spiro atoms. The van der Waals surface area contributed by atoms with Crippen molar-refractivity contribution in [3.63, 3.8) is 0 Å². The zero-order chi connectivity index (χ0) is 13.1. The van der Waals surface area contributed by atoms with Crippen molar-refractivity contribution >= 4 is 19.4 Å². The Morgan fingerprint density at radius 1 is 1.29 bits per heavy atom. The van der Waals surface area contributed by atoms with Gasteiger partial charge in [0.15, 0.2) is 0 Å². The predicted octanol–water partition coefficient (Wildman–Crippen LogP) is 2.07. The predicted molar refractivity (Wildman–Crippen MR) is 69.6 cm³/mol. The lowest BCUT2D eigenvalue weighted by Crippen LogP contribution is -2.34. The molecular formula is C13H18BNO2. The van der Waals surface area contributed by atoms with Crippen LogP contribution in [0, 0.1) is 0 Å². The second kappa shape index (κ2) is 5.26. The summed E-state index contributed by atoms with van der Waals surface area (Å²) in [5, 5.41) is 2.77. The van der Waals surface area contributed by atoms with Gasteiger partial charge in [-0.1, -0.05) is 29.7 Å². The van der Waals surface area contributed by atoms with Crippen molar-refractivity contribution in [2.45, 2.75) is 39.3 Å². The van der Waals surface area contributed by atoms with Crippen LogP contribution in [0.25, 0.3) is 0 Å². The Bertz CT molecular complexity index is 381. The molecule has 0 aromatic heterocycles. The maximum atomic E-state index is 11.6. The van der Waals surface area contributed by atoms with E-state index < -0.39 is 11.7 Å². The van der Waals surface area contributed by atoms with E-state index in [1.54, 1.807) is 0 Å². The third-order valence-electron chi connectivity index (χ3n) is 2.17. The molecule has 0 aliphatic heterocycles. The highest BCUT2D eigenvalue weighted by Gasteiger charge is 2.18. The van der Waals surface area contributed by atoms with Crippen molar-refractivity contribution < 1.29 is 9.53 Å². The van der Waals surface area contributed by atoms with Crippen LogP contribution in [0.15, 0.2) is 24.3 Å². The Labute approximate surface area is 104 Å². The standard InChI is InChI=1S/C13H18BNO2/c1-9(10-5-7-11(14)8-6-10)15-12(16)17-13(2,3)4/h5-9H,1-4H3,(H,15,16)/t9-/m1/s1. The van der Waals surface area contributed by atoms with Crippen LogP contribution in [-0.4, -0.2) is 19.5 Å². The lowest BCUT2D eigenvalue weighted by molar-refractivity contribution is 0.0508. The number of carbonyl (C=O) groups excluding carboxylic acids is 1. The van der Waals surface area contributed by atoms with Gasteiger partial charge in [0.05, 0.1) is 6.04 Å². The van der Waals surface area contributed by atoms with Gasteiger partial charge in [0.2, 0.25) is 0 Å². The van der Waals surface area contributed by atoms with Crippen molar-refractivity contribution in [1.29, 1.82) is 0 Å². The maximum Gasteiger partial charge on any atom is 0.408 e. The first-order valence-corrected chi connectivity index (χ1v) is 5.63. The highest BCUT2D eigenvalue weighted by atomic mass is 16.6. The van der Waals surface area contributed by atoms with E-state index in [9.17, 15) is 4.79 Å². The second-order valence-corrected chi connectivity index (χ2v) is 5.03. The molecule has 1 atom stereocenters. The van der Waals surface area contributed by atoms with Crippen LogP contribution >= 0.6 is 0 Å². The van der Waals surface area contributed by atoms with E-state index in [0.29, 0.717) is 5.46 Å². The number of rotatable bonds is 2. The molecule has 0 aliphatic rings. The normalized spacial score (nSPS) is 12.9. The van der Waals surface area contributed by atoms with Gasteiger partial charge in [-0.25, -0.2) is 4.79 Å². The van der Waals surface area contributed by atoms with Gasteiger partial charge in [0, 0.05) is 0 Å². The number of hydrogen-bond acceptors (Lipinski definition) is 2. The fourth-order valence-electron chi connectivity index (χ4n) is 1.35. The zero-order valence-corrected chi connectivity index (χ0v) is 10.8. The molecule has 0 saturated heterocycles. The van der Waals surface area contributed by atoms with Crippen molar-refractivity contribution in [2.75, 3.05) is 0 Å². The van der Waals surface area contributed by atoms with Crippen LogP contribution in [0.2, 0.25) is 0 Å². The molecule has 1 N–H and O–H groups in total. The summed E-state index contributed by atoms with van der Waals surface area (Å²) in [6.45, 7) is 7.40. The minimum atomic E-state index is -0.481. The van der Waals surface area contributed by atoms with E-state index in [1.165, 1.54) is 0 Å². The van der Waals surface area contributed by atoms with Gasteiger partial charge in [-0.2, -0.15) is 0 Å². The first kappa shape index (κ1) is 13.6. The molecule has 0 bridgehead atoms.